The topological polar surface area (TPSA) is 76.9 Å². The molecule has 0 radical (unpaired) electrons. The molecule has 0 unspecified atom stereocenters. The van der Waals surface area contributed by atoms with Gasteiger partial charge in [0.25, 0.3) is 0 Å². The summed E-state index contributed by atoms with van der Waals surface area (Å²) < 4.78 is 6.83. The van der Waals surface area contributed by atoms with E-state index < -0.39 is 0 Å². The van der Waals surface area contributed by atoms with Crippen LogP contribution in [0.25, 0.3) is 0 Å². The molecule has 88 valence electrons. The van der Waals surface area contributed by atoms with Gasteiger partial charge < -0.3 is 15.0 Å². The van der Waals surface area contributed by atoms with Gasteiger partial charge in [-0.25, -0.2) is 4.98 Å². The molecule has 1 fully saturated rings. The van der Waals surface area contributed by atoms with E-state index in [-0.39, 0.29) is 5.90 Å². The third-order valence-electron chi connectivity index (χ3n) is 3.22. The second-order valence-corrected chi connectivity index (χ2v) is 4.21. The molecular weight excluding hydrogens is 204 g/mol. The van der Waals surface area contributed by atoms with Crippen molar-refractivity contribution in [2.24, 2.45) is 0 Å². The number of methoxy groups -OCH3 is 1. The zero-order chi connectivity index (χ0) is 11.5. The molecule has 1 aliphatic rings. The van der Waals surface area contributed by atoms with Crippen LogP contribution < -0.4 is 5.73 Å². The van der Waals surface area contributed by atoms with Gasteiger partial charge in [-0.05, 0) is 12.8 Å². The Morgan fingerprint density at radius 2 is 2.19 bits per heavy atom. The fourth-order valence-electron chi connectivity index (χ4n) is 2.29. The van der Waals surface area contributed by atoms with E-state index in [1.807, 2.05) is 4.57 Å². The number of hydrogen-bond acceptors (Lipinski definition) is 4. The second kappa shape index (κ2) is 4.55. The Kier molecular flexibility index (Phi) is 3.12. The van der Waals surface area contributed by atoms with Gasteiger partial charge in [-0.1, -0.05) is 19.3 Å². The van der Waals surface area contributed by atoms with Crippen molar-refractivity contribution >= 4 is 11.7 Å². The highest BCUT2D eigenvalue weighted by atomic mass is 16.5. The average molecular weight is 222 g/mol. The molecule has 0 aliphatic heterocycles. The van der Waals surface area contributed by atoms with E-state index in [0.717, 1.165) is 12.8 Å². The Morgan fingerprint density at radius 3 is 2.81 bits per heavy atom. The first-order valence-corrected chi connectivity index (χ1v) is 5.69. The lowest BCUT2D eigenvalue weighted by Gasteiger charge is -2.23. The van der Waals surface area contributed by atoms with Crippen LogP contribution in [-0.4, -0.2) is 22.6 Å². The maximum absolute atomic E-state index is 7.57. The summed E-state index contributed by atoms with van der Waals surface area (Å²) in [5.74, 6) is 0.589. The van der Waals surface area contributed by atoms with Gasteiger partial charge in [0.2, 0.25) is 5.90 Å². The molecule has 1 aromatic heterocycles. The molecule has 1 aromatic rings. The van der Waals surface area contributed by atoms with Gasteiger partial charge in [-0.2, -0.15) is 0 Å². The highest BCUT2D eigenvalue weighted by Gasteiger charge is 2.20. The minimum absolute atomic E-state index is 0.0343. The molecule has 0 bridgehead atoms. The first kappa shape index (κ1) is 11.0. The number of imidazole rings is 1. The fourth-order valence-corrected chi connectivity index (χ4v) is 2.29. The van der Waals surface area contributed by atoms with Crippen LogP contribution in [0, 0.1) is 5.41 Å². The van der Waals surface area contributed by atoms with Crippen LogP contribution in [0.15, 0.2) is 6.33 Å². The van der Waals surface area contributed by atoms with Gasteiger partial charge in [0.05, 0.1) is 13.4 Å². The number of anilines is 1. The van der Waals surface area contributed by atoms with E-state index in [1.54, 1.807) is 6.33 Å². The van der Waals surface area contributed by atoms with Crippen molar-refractivity contribution in [2.75, 3.05) is 12.8 Å². The molecule has 0 aromatic carbocycles. The molecule has 1 saturated carbocycles. The molecule has 3 N–H and O–H groups in total. The minimum Gasteiger partial charge on any atom is -0.480 e. The van der Waals surface area contributed by atoms with Crippen molar-refractivity contribution in [3.63, 3.8) is 0 Å². The summed E-state index contributed by atoms with van der Waals surface area (Å²) in [4.78, 5) is 4.15. The maximum Gasteiger partial charge on any atom is 0.236 e. The van der Waals surface area contributed by atoms with Crippen LogP contribution in [0.5, 0.6) is 0 Å². The molecule has 2 rings (SSSR count). The molecule has 1 heterocycles. The first-order chi connectivity index (χ1) is 7.74. The van der Waals surface area contributed by atoms with Gasteiger partial charge in [-0.15, -0.1) is 0 Å². The number of ether oxygens (including phenoxy) is 1. The summed E-state index contributed by atoms with van der Waals surface area (Å²) in [6, 6.07) is 0.444. The van der Waals surface area contributed by atoms with E-state index in [9.17, 15) is 0 Å². The highest BCUT2D eigenvalue weighted by Crippen LogP contribution is 2.30. The van der Waals surface area contributed by atoms with Gasteiger partial charge in [0, 0.05) is 6.04 Å². The van der Waals surface area contributed by atoms with E-state index >= 15 is 0 Å². The second-order valence-electron chi connectivity index (χ2n) is 4.21. The lowest BCUT2D eigenvalue weighted by Crippen LogP contribution is -2.15. The molecule has 0 amide bonds. The normalized spacial score (nSPS) is 17.3. The van der Waals surface area contributed by atoms with Gasteiger partial charge in [0.15, 0.2) is 5.69 Å². The Morgan fingerprint density at radius 1 is 1.50 bits per heavy atom. The summed E-state index contributed by atoms with van der Waals surface area (Å²) in [5.41, 5.74) is 6.44. The number of aromatic nitrogens is 2. The summed E-state index contributed by atoms with van der Waals surface area (Å²) >= 11 is 0. The Bertz CT molecular complexity index is 379. The number of hydrogen-bond donors (Lipinski definition) is 2. The van der Waals surface area contributed by atoms with Crippen LogP contribution in [0.1, 0.15) is 43.8 Å². The summed E-state index contributed by atoms with van der Waals surface area (Å²) in [6.07, 6.45) is 7.85. The van der Waals surface area contributed by atoms with E-state index in [4.69, 9.17) is 15.9 Å². The van der Waals surface area contributed by atoms with Crippen molar-refractivity contribution in [1.29, 1.82) is 5.41 Å². The molecule has 0 saturated heterocycles. The average Bonchev–Trinajstić information content (AvgIpc) is 2.71. The van der Waals surface area contributed by atoms with Crippen LogP contribution in [0.2, 0.25) is 0 Å². The lowest BCUT2D eigenvalue weighted by atomic mass is 9.95. The third-order valence-corrected chi connectivity index (χ3v) is 3.22. The van der Waals surface area contributed by atoms with Crippen molar-refractivity contribution in [3.8, 4) is 0 Å². The predicted octanol–water partition coefficient (Wildman–Crippen LogP) is 1.94. The molecule has 0 spiro atoms. The van der Waals surface area contributed by atoms with E-state index in [1.165, 1.54) is 26.4 Å². The van der Waals surface area contributed by atoms with Crippen LogP contribution in [-0.2, 0) is 4.74 Å². The van der Waals surface area contributed by atoms with Crippen molar-refractivity contribution in [1.82, 2.24) is 9.55 Å². The largest absolute Gasteiger partial charge is 0.480 e. The number of nitrogens with one attached hydrogen (secondary N) is 1. The van der Waals surface area contributed by atoms with Crippen LogP contribution >= 0.6 is 0 Å². The molecule has 0 atom stereocenters. The molecule has 1 aliphatic carbocycles. The fraction of sp³-hybridized carbons (Fsp3) is 0.636. The number of nitrogens with two attached hydrogens (primary N) is 1. The highest BCUT2D eigenvalue weighted by molar-refractivity contribution is 5.94. The van der Waals surface area contributed by atoms with E-state index in [2.05, 4.69) is 4.98 Å². The first-order valence-electron chi connectivity index (χ1n) is 5.69. The molecule has 5 nitrogen and oxygen atoms in total. The zero-order valence-corrected chi connectivity index (χ0v) is 9.57. The van der Waals surface area contributed by atoms with Crippen LogP contribution in [0.3, 0.4) is 0 Å². The van der Waals surface area contributed by atoms with Crippen LogP contribution in [0.4, 0.5) is 5.82 Å². The van der Waals surface area contributed by atoms with Crippen molar-refractivity contribution in [3.05, 3.63) is 12.0 Å². The molecule has 16 heavy (non-hydrogen) atoms. The Labute approximate surface area is 95.1 Å². The number of nitrogens with zero attached hydrogens (tertiary/aromatic N) is 2. The smallest absolute Gasteiger partial charge is 0.236 e. The summed E-state index contributed by atoms with van der Waals surface area (Å²) in [7, 11) is 1.46. The monoisotopic (exact) mass is 222 g/mol. The quantitative estimate of drug-likeness (QED) is 0.593. The lowest BCUT2D eigenvalue weighted by molar-refractivity contribution is 0.356. The maximum atomic E-state index is 7.57. The van der Waals surface area contributed by atoms with Crippen molar-refractivity contribution < 1.29 is 4.74 Å². The van der Waals surface area contributed by atoms with Gasteiger partial charge >= 0.3 is 0 Å². The molecular formula is C11H18N4O. The predicted molar refractivity (Wildman–Crippen MR) is 62.6 cm³/mol. The number of rotatable bonds is 2. The Hall–Kier alpha value is -1.52. The summed E-state index contributed by atoms with van der Waals surface area (Å²) in [5, 5.41) is 7.57. The van der Waals surface area contributed by atoms with Crippen molar-refractivity contribution in [2.45, 2.75) is 38.1 Å². The van der Waals surface area contributed by atoms with E-state index in [0.29, 0.717) is 17.6 Å². The van der Waals surface area contributed by atoms with Gasteiger partial charge in [-0.3, -0.25) is 5.41 Å². The minimum atomic E-state index is 0.0343. The summed E-state index contributed by atoms with van der Waals surface area (Å²) in [6.45, 7) is 0. The standard InChI is InChI=1S/C11H18N4O/c1-16-11(13)9-10(12)15(7-14-9)8-5-3-2-4-6-8/h7-8,13H,2-6,12H2,1H3. The number of nitrogen functional groups attached to an aromatic ring is 1. The van der Waals surface area contributed by atoms with Gasteiger partial charge in [0.1, 0.15) is 5.82 Å². The third kappa shape index (κ3) is 1.89. The Balaban J connectivity index is 2.21. The zero-order valence-electron chi connectivity index (χ0n) is 9.57. The molecule has 5 heteroatoms. The SMILES string of the molecule is COC(=N)c1ncn(C2CCCCC2)c1N.